The minimum absolute atomic E-state index is 0.130. The van der Waals surface area contributed by atoms with Crippen molar-refractivity contribution in [2.75, 3.05) is 6.54 Å². The van der Waals surface area contributed by atoms with Gasteiger partial charge in [0.25, 0.3) is 0 Å². The first-order valence-electron chi connectivity index (χ1n) is 6.56. The van der Waals surface area contributed by atoms with E-state index in [2.05, 4.69) is 5.32 Å². The zero-order valence-corrected chi connectivity index (χ0v) is 11.6. The van der Waals surface area contributed by atoms with Crippen LogP contribution >= 0.6 is 0 Å². The zero-order valence-electron chi connectivity index (χ0n) is 11.6. The number of carbonyl (C=O) groups excluding carboxylic acids is 3. The van der Waals surface area contributed by atoms with E-state index < -0.39 is 29.8 Å². The molecule has 1 aromatic rings. The molecule has 1 heterocycles. The van der Waals surface area contributed by atoms with Gasteiger partial charge in [-0.05, 0) is 31.0 Å². The average molecular weight is 291 g/mol. The predicted octanol–water partition coefficient (Wildman–Crippen LogP) is -0.864. The maximum absolute atomic E-state index is 12.3. The molecule has 0 spiro atoms. The normalized spacial score (nSPS) is 20.1. The molecule has 21 heavy (non-hydrogen) atoms. The summed E-state index contributed by atoms with van der Waals surface area (Å²) in [5.41, 5.74) is 6.66. The first-order valence-corrected chi connectivity index (χ1v) is 6.56. The first-order chi connectivity index (χ1) is 9.88. The number of phenols is 1. The van der Waals surface area contributed by atoms with Crippen molar-refractivity contribution in [3.05, 3.63) is 29.8 Å². The Morgan fingerprint density at radius 2 is 2.05 bits per heavy atom. The number of amides is 3. The molecular formula is C14H17N3O4. The molecule has 112 valence electrons. The summed E-state index contributed by atoms with van der Waals surface area (Å²) in [6.07, 6.45) is 0.262. The number of aromatic hydroxyl groups is 1. The first kappa shape index (κ1) is 15.0. The molecule has 0 aromatic heterocycles. The van der Waals surface area contributed by atoms with E-state index in [0.717, 1.165) is 5.56 Å². The largest absolute Gasteiger partial charge is 0.508 e. The Labute approximate surface area is 121 Å². The molecule has 1 aromatic carbocycles. The molecule has 0 saturated carbocycles. The van der Waals surface area contributed by atoms with Crippen LogP contribution in [0.15, 0.2) is 24.3 Å². The molecule has 1 aliphatic heterocycles. The number of nitrogens with two attached hydrogens (primary N) is 1. The number of phenolic OH excluding ortho intramolecular Hbond substituents is 1. The lowest BCUT2D eigenvalue weighted by Crippen LogP contribution is -2.61. The summed E-state index contributed by atoms with van der Waals surface area (Å²) in [6.45, 7) is 1.38. The van der Waals surface area contributed by atoms with Gasteiger partial charge in [-0.2, -0.15) is 0 Å². The molecule has 0 aliphatic carbocycles. The maximum atomic E-state index is 12.3. The monoisotopic (exact) mass is 291 g/mol. The van der Waals surface area contributed by atoms with E-state index in [9.17, 15) is 19.5 Å². The number of nitrogens with zero attached hydrogens (tertiary/aromatic N) is 1. The van der Waals surface area contributed by atoms with Crippen LogP contribution in [-0.4, -0.2) is 46.4 Å². The standard InChI is InChI=1S/C14H17N3O4/c1-8-13(20)16-12(19)7-17(8)14(21)11(15)6-9-2-4-10(18)5-3-9/h2-5,8,11,18H,6-7,15H2,1H3,(H,16,19,20)/t8?,11-/m0/s1. The van der Waals surface area contributed by atoms with Gasteiger partial charge in [-0.15, -0.1) is 0 Å². The van der Waals surface area contributed by atoms with Crippen molar-refractivity contribution in [1.82, 2.24) is 10.2 Å². The van der Waals surface area contributed by atoms with Crippen molar-refractivity contribution in [2.24, 2.45) is 5.73 Å². The molecule has 2 atom stereocenters. The number of hydrogen-bond donors (Lipinski definition) is 3. The third-order valence-electron chi connectivity index (χ3n) is 3.42. The summed E-state index contributed by atoms with van der Waals surface area (Å²) in [6, 6.07) is 4.77. The topological polar surface area (TPSA) is 113 Å². The summed E-state index contributed by atoms with van der Waals surface area (Å²) >= 11 is 0. The second-order valence-corrected chi connectivity index (χ2v) is 5.03. The van der Waals surface area contributed by atoms with Gasteiger partial charge < -0.3 is 15.7 Å². The molecule has 1 saturated heterocycles. The van der Waals surface area contributed by atoms with Gasteiger partial charge in [-0.1, -0.05) is 12.1 Å². The smallest absolute Gasteiger partial charge is 0.249 e. The fraction of sp³-hybridized carbons (Fsp3) is 0.357. The molecule has 7 heteroatoms. The fourth-order valence-electron chi connectivity index (χ4n) is 2.17. The van der Waals surface area contributed by atoms with E-state index >= 15 is 0 Å². The second-order valence-electron chi connectivity index (χ2n) is 5.03. The summed E-state index contributed by atoms with van der Waals surface area (Å²) in [4.78, 5) is 36.4. The average Bonchev–Trinajstić information content (AvgIpc) is 2.44. The van der Waals surface area contributed by atoms with Crippen LogP contribution in [0.1, 0.15) is 12.5 Å². The summed E-state index contributed by atoms with van der Waals surface area (Å²) in [5, 5.41) is 11.4. The minimum atomic E-state index is -0.851. The van der Waals surface area contributed by atoms with E-state index in [1.807, 2.05) is 0 Å². The summed E-state index contributed by atoms with van der Waals surface area (Å²) in [7, 11) is 0. The number of hydrogen-bond acceptors (Lipinski definition) is 5. The van der Waals surface area contributed by atoms with Gasteiger partial charge in [0.1, 0.15) is 18.3 Å². The Morgan fingerprint density at radius 3 is 2.67 bits per heavy atom. The van der Waals surface area contributed by atoms with Crippen molar-refractivity contribution in [3.63, 3.8) is 0 Å². The molecule has 7 nitrogen and oxygen atoms in total. The van der Waals surface area contributed by atoms with Gasteiger partial charge in [-0.25, -0.2) is 0 Å². The van der Waals surface area contributed by atoms with Crippen LogP contribution in [0.4, 0.5) is 0 Å². The van der Waals surface area contributed by atoms with E-state index in [-0.39, 0.29) is 18.7 Å². The molecular weight excluding hydrogens is 274 g/mol. The lowest BCUT2D eigenvalue weighted by Gasteiger charge is -2.33. The van der Waals surface area contributed by atoms with E-state index in [0.29, 0.717) is 0 Å². The maximum Gasteiger partial charge on any atom is 0.249 e. The van der Waals surface area contributed by atoms with Crippen LogP contribution in [0.3, 0.4) is 0 Å². The van der Waals surface area contributed by atoms with Crippen LogP contribution in [0, 0.1) is 0 Å². The lowest BCUT2D eigenvalue weighted by atomic mass is 10.0. The van der Waals surface area contributed by atoms with E-state index in [1.54, 1.807) is 19.1 Å². The van der Waals surface area contributed by atoms with E-state index in [4.69, 9.17) is 5.73 Å². The number of piperazine rings is 1. The van der Waals surface area contributed by atoms with Gasteiger partial charge in [0.2, 0.25) is 17.7 Å². The third-order valence-corrected chi connectivity index (χ3v) is 3.42. The number of nitrogens with one attached hydrogen (secondary N) is 1. The lowest BCUT2D eigenvalue weighted by molar-refractivity contribution is -0.150. The van der Waals surface area contributed by atoms with Crippen molar-refractivity contribution in [3.8, 4) is 5.75 Å². The number of benzene rings is 1. The quantitative estimate of drug-likeness (QED) is 0.627. The minimum Gasteiger partial charge on any atom is -0.508 e. The van der Waals surface area contributed by atoms with Crippen LogP contribution in [0.5, 0.6) is 5.75 Å². The van der Waals surface area contributed by atoms with Crippen molar-refractivity contribution < 1.29 is 19.5 Å². The van der Waals surface area contributed by atoms with Crippen molar-refractivity contribution >= 4 is 17.7 Å². The number of imide groups is 1. The fourth-order valence-corrected chi connectivity index (χ4v) is 2.17. The summed E-state index contributed by atoms with van der Waals surface area (Å²) < 4.78 is 0. The Hall–Kier alpha value is -2.41. The highest BCUT2D eigenvalue weighted by Gasteiger charge is 2.35. The van der Waals surface area contributed by atoms with Gasteiger partial charge in [0.05, 0.1) is 6.04 Å². The number of carbonyl (C=O) groups is 3. The van der Waals surface area contributed by atoms with Crippen molar-refractivity contribution in [2.45, 2.75) is 25.4 Å². The van der Waals surface area contributed by atoms with Crippen LogP contribution in [-0.2, 0) is 20.8 Å². The van der Waals surface area contributed by atoms with E-state index in [1.165, 1.54) is 17.0 Å². The highest BCUT2D eigenvalue weighted by Crippen LogP contribution is 2.13. The molecule has 0 radical (unpaired) electrons. The SMILES string of the molecule is CC1C(=O)NC(=O)CN1C(=O)[C@@H](N)Cc1ccc(O)cc1. The van der Waals surface area contributed by atoms with Gasteiger partial charge >= 0.3 is 0 Å². The Kier molecular flexibility index (Phi) is 4.23. The number of rotatable bonds is 3. The Balaban J connectivity index is 2.06. The van der Waals surface area contributed by atoms with Crippen LogP contribution in [0.2, 0.25) is 0 Å². The molecule has 3 amide bonds. The van der Waals surface area contributed by atoms with Gasteiger partial charge in [-0.3, -0.25) is 19.7 Å². The van der Waals surface area contributed by atoms with Crippen LogP contribution in [0.25, 0.3) is 0 Å². The van der Waals surface area contributed by atoms with Gasteiger partial charge in [0.15, 0.2) is 0 Å². The molecule has 1 fully saturated rings. The van der Waals surface area contributed by atoms with Gasteiger partial charge in [0, 0.05) is 0 Å². The zero-order chi connectivity index (χ0) is 15.6. The molecule has 1 unspecified atom stereocenters. The second kappa shape index (κ2) is 5.92. The Bertz CT molecular complexity index is 570. The predicted molar refractivity (Wildman–Crippen MR) is 74.1 cm³/mol. The van der Waals surface area contributed by atoms with Crippen molar-refractivity contribution in [1.29, 1.82) is 0 Å². The molecule has 1 aliphatic rings. The molecule has 2 rings (SSSR count). The van der Waals surface area contributed by atoms with Crippen LogP contribution < -0.4 is 11.1 Å². The third kappa shape index (κ3) is 3.38. The highest BCUT2D eigenvalue weighted by molar-refractivity contribution is 6.04. The molecule has 0 bridgehead atoms. The highest BCUT2D eigenvalue weighted by atomic mass is 16.3. The molecule has 4 N–H and O–H groups in total. The summed E-state index contributed by atoms with van der Waals surface area (Å²) in [5.74, 6) is -1.33. The Morgan fingerprint density at radius 1 is 1.43 bits per heavy atom.